The van der Waals surface area contributed by atoms with Gasteiger partial charge < -0.3 is 13.9 Å². The van der Waals surface area contributed by atoms with Crippen LogP contribution in [-0.2, 0) is 9.47 Å². The molecule has 6 nitrogen and oxygen atoms in total. The van der Waals surface area contributed by atoms with E-state index < -0.39 is 5.97 Å². The minimum atomic E-state index is -0.590. The Hall–Kier alpha value is -1.08. The highest BCUT2D eigenvalue weighted by molar-refractivity contribution is 7.99. The molecule has 0 unspecified atom stereocenters. The Balaban J connectivity index is 2.25. The summed E-state index contributed by atoms with van der Waals surface area (Å²) in [6.07, 6.45) is 0. The van der Waals surface area contributed by atoms with Crippen molar-refractivity contribution in [1.29, 1.82) is 0 Å². The zero-order chi connectivity index (χ0) is 13.4. The highest BCUT2D eigenvalue weighted by Gasteiger charge is 2.15. The predicted molar refractivity (Wildman–Crippen MR) is 66.6 cm³/mol. The molecular weight excluding hydrogens is 256 g/mol. The minimum Gasteiger partial charge on any atom is -0.459 e. The third-order valence-electron chi connectivity index (χ3n) is 1.76. The molecule has 0 saturated heterocycles. The summed E-state index contributed by atoms with van der Waals surface area (Å²) >= 11 is 1.36. The van der Waals surface area contributed by atoms with Crippen molar-refractivity contribution in [1.82, 2.24) is 10.2 Å². The number of carbonyl (C=O) groups excluding carboxylic acids is 1. The molecule has 0 bridgehead atoms. The van der Waals surface area contributed by atoms with Crippen molar-refractivity contribution in [3.63, 3.8) is 0 Å². The summed E-state index contributed by atoms with van der Waals surface area (Å²) in [6, 6.07) is 0. The monoisotopic (exact) mass is 274 g/mol. The van der Waals surface area contributed by atoms with E-state index in [0.29, 0.717) is 23.5 Å². The molecule has 1 aromatic heterocycles. The SMILES string of the molecule is CCOC(=O)c1nnc(SCCOCC(C)C)o1. The Bertz CT molecular complexity index is 368. The second-order valence-electron chi connectivity index (χ2n) is 3.91. The average molecular weight is 274 g/mol. The number of hydrogen-bond acceptors (Lipinski definition) is 7. The summed E-state index contributed by atoms with van der Waals surface area (Å²) in [5.74, 6) is 0.529. The van der Waals surface area contributed by atoms with E-state index in [4.69, 9.17) is 13.9 Å². The van der Waals surface area contributed by atoms with Gasteiger partial charge in [0.05, 0.1) is 13.2 Å². The molecule has 0 saturated carbocycles. The lowest BCUT2D eigenvalue weighted by Gasteiger charge is -2.04. The lowest BCUT2D eigenvalue weighted by molar-refractivity contribution is 0.0475. The number of thioether (sulfide) groups is 1. The van der Waals surface area contributed by atoms with Crippen molar-refractivity contribution >= 4 is 17.7 Å². The molecule has 0 atom stereocenters. The van der Waals surface area contributed by atoms with Crippen molar-refractivity contribution < 1.29 is 18.7 Å². The van der Waals surface area contributed by atoms with Gasteiger partial charge in [-0.1, -0.05) is 30.7 Å². The topological polar surface area (TPSA) is 74.5 Å². The van der Waals surface area contributed by atoms with Gasteiger partial charge in [-0.2, -0.15) is 0 Å². The first-order valence-corrected chi connectivity index (χ1v) is 6.83. The van der Waals surface area contributed by atoms with Crippen LogP contribution in [0.1, 0.15) is 31.5 Å². The summed E-state index contributed by atoms with van der Waals surface area (Å²) in [4.78, 5) is 11.3. The van der Waals surface area contributed by atoms with Gasteiger partial charge in [0.15, 0.2) is 0 Å². The van der Waals surface area contributed by atoms with Crippen LogP contribution in [0, 0.1) is 5.92 Å². The van der Waals surface area contributed by atoms with Crippen molar-refractivity contribution in [2.75, 3.05) is 25.6 Å². The maximum atomic E-state index is 11.3. The third-order valence-corrected chi connectivity index (χ3v) is 2.54. The van der Waals surface area contributed by atoms with Crippen LogP contribution in [0.15, 0.2) is 9.64 Å². The number of hydrogen-bond donors (Lipinski definition) is 0. The van der Waals surface area contributed by atoms with Crippen molar-refractivity contribution in [2.45, 2.75) is 26.0 Å². The highest BCUT2D eigenvalue weighted by atomic mass is 32.2. The van der Waals surface area contributed by atoms with Crippen LogP contribution < -0.4 is 0 Å². The van der Waals surface area contributed by atoms with Gasteiger partial charge in [-0.05, 0) is 12.8 Å². The van der Waals surface area contributed by atoms with E-state index in [9.17, 15) is 4.79 Å². The molecule has 0 spiro atoms. The quantitative estimate of drug-likeness (QED) is 0.408. The van der Waals surface area contributed by atoms with Crippen molar-refractivity contribution in [3.8, 4) is 0 Å². The third kappa shape index (κ3) is 5.50. The lowest BCUT2D eigenvalue weighted by Crippen LogP contribution is -2.04. The first-order chi connectivity index (χ1) is 8.63. The fraction of sp³-hybridized carbons (Fsp3) is 0.727. The van der Waals surface area contributed by atoms with Crippen LogP contribution >= 0.6 is 11.8 Å². The van der Waals surface area contributed by atoms with Gasteiger partial charge in [-0.15, -0.1) is 5.10 Å². The Labute approximate surface area is 110 Å². The van der Waals surface area contributed by atoms with Gasteiger partial charge in [0.2, 0.25) is 0 Å². The molecule has 7 heteroatoms. The van der Waals surface area contributed by atoms with Crippen LogP contribution in [0.25, 0.3) is 0 Å². The first kappa shape index (κ1) is 15.0. The number of aromatic nitrogens is 2. The molecule has 0 amide bonds. The zero-order valence-corrected chi connectivity index (χ0v) is 11.7. The van der Waals surface area contributed by atoms with E-state index in [1.165, 1.54) is 11.8 Å². The average Bonchev–Trinajstić information content (AvgIpc) is 2.77. The van der Waals surface area contributed by atoms with Gasteiger partial charge in [0.1, 0.15) is 0 Å². The molecule has 0 aliphatic rings. The number of carbonyl (C=O) groups is 1. The van der Waals surface area contributed by atoms with Crippen LogP contribution in [0.3, 0.4) is 0 Å². The van der Waals surface area contributed by atoms with Gasteiger partial charge in [0, 0.05) is 12.4 Å². The van der Waals surface area contributed by atoms with Crippen LogP contribution in [0.2, 0.25) is 0 Å². The Morgan fingerprint density at radius 2 is 2.22 bits per heavy atom. The van der Waals surface area contributed by atoms with Gasteiger partial charge >= 0.3 is 11.9 Å². The fourth-order valence-corrected chi connectivity index (χ4v) is 1.66. The van der Waals surface area contributed by atoms with Crippen LogP contribution in [0.5, 0.6) is 0 Å². The maximum absolute atomic E-state index is 11.3. The van der Waals surface area contributed by atoms with Crippen molar-refractivity contribution in [2.24, 2.45) is 5.92 Å². The molecule has 1 aromatic rings. The second-order valence-corrected chi connectivity index (χ2v) is 4.96. The zero-order valence-electron chi connectivity index (χ0n) is 10.8. The van der Waals surface area contributed by atoms with Gasteiger partial charge in [-0.3, -0.25) is 0 Å². The van der Waals surface area contributed by atoms with Gasteiger partial charge in [0.25, 0.3) is 5.22 Å². The molecule has 18 heavy (non-hydrogen) atoms. The Morgan fingerprint density at radius 1 is 1.44 bits per heavy atom. The molecule has 0 aliphatic carbocycles. The second kappa shape index (κ2) is 8.10. The number of rotatable bonds is 8. The van der Waals surface area contributed by atoms with Crippen LogP contribution in [-0.4, -0.2) is 41.7 Å². The highest BCUT2D eigenvalue weighted by Crippen LogP contribution is 2.16. The summed E-state index contributed by atoms with van der Waals surface area (Å²) in [6.45, 7) is 7.54. The van der Waals surface area contributed by atoms with E-state index in [1.54, 1.807) is 6.92 Å². The molecule has 0 fully saturated rings. The molecule has 0 aromatic carbocycles. The smallest absolute Gasteiger partial charge is 0.396 e. The summed E-state index contributed by atoms with van der Waals surface area (Å²) in [5, 5.41) is 7.70. The minimum absolute atomic E-state index is 0.109. The summed E-state index contributed by atoms with van der Waals surface area (Å²) in [5.41, 5.74) is 0. The number of nitrogens with zero attached hydrogens (tertiary/aromatic N) is 2. The van der Waals surface area contributed by atoms with Gasteiger partial charge in [-0.25, -0.2) is 4.79 Å². The Kier molecular flexibility index (Phi) is 6.74. The predicted octanol–water partition coefficient (Wildman–Crippen LogP) is 2.01. The molecular formula is C11H18N2O4S. The molecule has 0 aliphatic heterocycles. The number of ether oxygens (including phenoxy) is 2. The standard InChI is InChI=1S/C11H18N2O4S/c1-4-16-10(14)9-12-13-11(17-9)18-6-5-15-7-8(2)3/h8H,4-7H2,1-3H3. The van der Waals surface area contributed by atoms with E-state index in [2.05, 4.69) is 24.0 Å². The normalized spacial score (nSPS) is 10.9. The summed E-state index contributed by atoms with van der Waals surface area (Å²) < 4.78 is 15.3. The van der Waals surface area contributed by atoms with Crippen LogP contribution in [0.4, 0.5) is 0 Å². The molecule has 1 heterocycles. The molecule has 0 N–H and O–H groups in total. The number of esters is 1. The molecule has 1 rings (SSSR count). The van der Waals surface area contributed by atoms with Crippen molar-refractivity contribution in [3.05, 3.63) is 5.89 Å². The van der Waals surface area contributed by atoms with E-state index in [-0.39, 0.29) is 12.5 Å². The maximum Gasteiger partial charge on any atom is 0.396 e. The fourth-order valence-electron chi connectivity index (χ4n) is 1.05. The van der Waals surface area contributed by atoms with E-state index in [0.717, 1.165) is 6.61 Å². The lowest BCUT2D eigenvalue weighted by atomic mass is 10.2. The first-order valence-electron chi connectivity index (χ1n) is 5.84. The summed E-state index contributed by atoms with van der Waals surface area (Å²) in [7, 11) is 0. The molecule has 0 radical (unpaired) electrons. The van der Waals surface area contributed by atoms with E-state index >= 15 is 0 Å². The van der Waals surface area contributed by atoms with E-state index in [1.807, 2.05) is 0 Å². The molecule has 102 valence electrons. The largest absolute Gasteiger partial charge is 0.459 e. The Morgan fingerprint density at radius 3 is 2.89 bits per heavy atom.